The molecule has 2 aromatic carbocycles. The number of hydrogen-bond acceptors (Lipinski definition) is 4. The first kappa shape index (κ1) is 18.0. The second-order valence-electron chi connectivity index (χ2n) is 6.55. The Bertz CT molecular complexity index is 786. The first-order valence-corrected chi connectivity index (χ1v) is 8.77. The molecule has 1 heterocycles. The summed E-state index contributed by atoms with van der Waals surface area (Å²) in [6.45, 7) is 4.01. The molecule has 3 N–H and O–H groups in total. The third kappa shape index (κ3) is 4.45. The molecule has 0 spiro atoms. The van der Waals surface area contributed by atoms with Crippen LogP contribution >= 0.6 is 0 Å². The van der Waals surface area contributed by atoms with Crippen LogP contribution in [0.15, 0.2) is 71.3 Å². The highest BCUT2D eigenvalue weighted by Crippen LogP contribution is 2.28. The van der Waals surface area contributed by atoms with Crippen LogP contribution in [0.3, 0.4) is 0 Å². The van der Waals surface area contributed by atoms with Crippen LogP contribution in [0.4, 0.5) is 0 Å². The molecule has 0 aliphatic carbocycles. The zero-order valence-electron chi connectivity index (χ0n) is 15.0. The second-order valence-corrected chi connectivity index (χ2v) is 6.55. The van der Waals surface area contributed by atoms with Crippen LogP contribution < -0.4 is 16.3 Å². The summed E-state index contributed by atoms with van der Waals surface area (Å²) in [5.41, 5.74) is 12.1. The van der Waals surface area contributed by atoms with E-state index in [-0.39, 0.29) is 23.9 Å². The van der Waals surface area contributed by atoms with Gasteiger partial charge in [0.05, 0.1) is 12.3 Å². The molecule has 3 unspecified atom stereocenters. The predicted molar refractivity (Wildman–Crippen MR) is 105 cm³/mol. The van der Waals surface area contributed by atoms with Crippen LogP contribution in [0.25, 0.3) is 6.08 Å². The first-order chi connectivity index (χ1) is 12.6. The molecule has 1 aliphatic rings. The van der Waals surface area contributed by atoms with Crippen LogP contribution in [0.2, 0.25) is 0 Å². The van der Waals surface area contributed by atoms with Crippen molar-refractivity contribution in [2.75, 3.05) is 0 Å². The minimum Gasteiger partial charge on any atom is -0.271 e. The van der Waals surface area contributed by atoms with Gasteiger partial charge in [-0.3, -0.25) is 4.79 Å². The van der Waals surface area contributed by atoms with Crippen LogP contribution in [0.5, 0.6) is 0 Å². The topological polar surface area (TPSA) is 65.5 Å². The lowest BCUT2D eigenvalue weighted by Crippen LogP contribution is -2.43. The van der Waals surface area contributed by atoms with Gasteiger partial charge in [-0.2, -0.15) is 5.10 Å². The summed E-state index contributed by atoms with van der Waals surface area (Å²) < 4.78 is 0. The minimum absolute atomic E-state index is 0.0932. The van der Waals surface area contributed by atoms with E-state index in [0.717, 1.165) is 16.7 Å². The average molecular weight is 348 g/mol. The number of benzene rings is 2. The molecule has 134 valence electrons. The Balaban J connectivity index is 1.56. The molecule has 1 saturated heterocycles. The lowest BCUT2D eigenvalue weighted by molar-refractivity contribution is -0.123. The fourth-order valence-electron chi connectivity index (χ4n) is 3.10. The lowest BCUT2D eigenvalue weighted by atomic mass is 9.91. The van der Waals surface area contributed by atoms with Crippen molar-refractivity contribution in [1.82, 2.24) is 16.3 Å². The Morgan fingerprint density at radius 3 is 2.38 bits per heavy atom. The van der Waals surface area contributed by atoms with Gasteiger partial charge in [-0.15, -0.1) is 0 Å². The molecule has 3 rings (SSSR count). The number of amides is 1. The third-order valence-corrected chi connectivity index (χ3v) is 4.52. The van der Waals surface area contributed by atoms with Crippen molar-refractivity contribution in [3.05, 3.63) is 77.4 Å². The van der Waals surface area contributed by atoms with E-state index in [2.05, 4.69) is 40.4 Å². The smallest absolute Gasteiger partial charge is 0.258 e. The molecular formula is C21H24N4O. The van der Waals surface area contributed by atoms with Crippen molar-refractivity contribution in [2.45, 2.75) is 25.9 Å². The molecule has 0 bridgehead atoms. The molecule has 5 heteroatoms. The number of hydrogen-bond donors (Lipinski definition) is 3. The summed E-state index contributed by atoms with van der Waals surface area (Å²) in [5, 5.41) is 4.08. The molecule has 2 aromatic rings. The van der Waals surface area contributed by atoms with Crippen LogP contribution in [0, 0.1) is 5.92 Å². The van der Waals surface area contributed by atoms with Crippen LogP contribution in [-0.2, 0) is 4.79 Å². The zero-order valence-corrected chi connectivity index (χ0v) is 15.0. The summed E-state index contributed by atoms with van der Waals surface area (Å²) in [6, 6.07) is 19.9. The number of hydrazone groups is 1. The van der Waals surface area contributed by atoms with Crippen molar-refractivity contribution >= 4 is 18.2 Å². The molecule has 0 aromatic heterocycles. The molecule has 0 radical (unpaired) electrons. The van der Waals surface area contributed by atoms with Crippen LogP contribution in [0.1, 0.15) is 31.0 Å². The highest BCUT2D eigenvalue weighted by Gasteiger charge is 2.37. The third-order valence-electron chi connectivity index (χ3n) is 4.52. The quantitative estimate of drug-likeness (QED) is 0.575. The van der Waals surface area contributed by atoms with Gasteiger partial charge in [0.2, 0.25) is 0 Å². The van der Waals surface area contributed by atoms with E-state index in [9.17, 15) is 4.79 Å². The minimum atomic E-state index is -0.337. The van der Waals surface area contributed by atoms with Gasteiger partial charge in [0, 0.05) is 5.92 Å². The van der Waals surface area contributed by atoms with Gasteiger partial charge < -0.3 is 0 Å². The zero-order chi connectivity index (χ0) is 18.4. The van der Waals surface area contributed by atoms with E-state index in [1.54, 1.807) is 6.21 Å². The highest BCUT2D eigenvalue weighted by atomic mass is 16.2. The summed E-state index contributed by atoms with van der Waals surface area (Å²) in [6.07, 6.45) is 3.67. The fraction of sp³-hybridized carbons (Fsp3) is 0.238. The van der Waals surface area contributed by atoms with E-state index < -0.39 is 0 Å². The average Bonchev–Trinajstić information content (AvgIpc) is 3.04. The number of allylic oxidation sites excluding steroid dienone is 1. The number of carbonyl (C=O) groups is 1. The van der Waals surface area contributed by atoms with Gasteiger partial charge in [0.1, 0.15) is 6.04 Å². The molecule has 1 aliphatic heterocycles. The standard InChI is InChI=1S/C21H24N4O/c1-15(13-17-9-5-3-6-10-17)14-22-25-21(26)20-16(2)19(23-24-20)18-11-7-4-8-12-18/h3-14,16,19-20,23-24H,1-2H3,(H,25,26)/b15-13+,22-14+. The summed E-state index contributed by atoms with van der Waals surface area (Å²) >= 11 is 0. The van der Waals surface area contributed by atoms with Crippen molar-refractivity contribution in [2.24, 2.45) is 11.0 Å². The number of rotatable bonds is 5. The number of carbonyl (C=O) groups excluding carboxylic acids is 1. The SMILES string of the molecule is CC(/C=N/NC(=O)C1NNC(c2ccccc2)C1C)=C\c1ccccc1. The summed E-state index contributed by atoms with van der Waals surface area (Å²) in [7, 11) is 0. The number of nitrogens with one attached hydrogen (secondary N) is 3. The van der Waals surface area contributed by atoms with Crippen molar-refractivity contribution in [3.63, 3.8) is 0 Å². The maximum absolute atomic E-state index is 12.4. The van der Waals surface area contributed by atoms with Gasteiger partial charge >= 0.3 is 0 Å². The summed E-state index contributed by atoms with van der Waals surface area (Å²) in [4.78, 5) is 12.4. The Morgan fingerprint density at radius 2 is 1.69 bits per heavy atom. The molecule has 0 saturated carbocycles. The monoisotopic (exact) mass is 348 g/mol. The Hall–Kier alpha value is -2.76. The maximum atomic E-state index is 12.4. The lowest BCUT2D eigenvalue weighted by Gasteiger charge is -2.17. The molecule has 26 heavy (non-hydrogen) atoms. The Morgan fingerprint density at radius 1 is 1.04 bits per heavy atom. The molecule has 3 atom stereocenters. The largest absolute Gasteiger partial charge is 0.271 e. The van der Waals surface area contributed by atoms with Gasteiger partial charge in [-0.25, -0.2) is 16.3 Å². The van der Waals surface area contributed by atoms with Gasteiger partial charge in [0.25, 0.3) is 5.91 Å². The highest BCUT2D eigenvalue weighted by molar-refractivity contribution is 5.87. The van der Waals surface area contributed by atoms with Gasteiger partial charge in [-0.05, 0) is 23.6 Å². The first-order valence-electron chi connectivity index (χ1n) is 8.77. The van der Waals surface area contributed by atoms with E-state index in [4.69, 9.17) is 0 Å². The van der Waals surface area contributed by atoms with Crippen molar-refractivity contribution < 1.29 is 4.79 Å². The van der Waals surface area contributed by atoms with Crippen molar-refractivity contribution in [3.8, 4) is 0 Å². The summed E-state index contributed by atoms with van der Waals surface area (Å²) in [5.74, 6) is -0.0410. The van der Waals surface area contributed by atoms with E-state index >= 15 is 0 Å². The predicted octanol–water partition coefficient (Wildman–Crippen LogP) is 3.05. The fourth-order valence-corrected chi connectivity index (χ4v) is 3.10. The van der Waals surface area contributed by atoms with Gasteiger partial charge in [0.15, 0.2) is 0 Å². The van der Waals surface area contributed by atoms with Crippen molar-refractivity contribution in [1.29, 1.82) is 0 Å². The van der Waals surface area contributed by atoms with E-state index in [0.29, 0.717) is 0 Å². The second kappa shape index (κ2) is 8.56. The normalized spacial score (nSPS) is 23.3. The molecule has 1 amide bonds. The Labute approximate surface area is 154 Å². The maximum Gasteiger partial charge on any atom is 0.258 e. The number of hydrazine groups is 1. The van der Waals surface area contributed by atoms with E-state index in [1.165, 1.54) is 0 Å². The van der Waals surface area contributed by atoms with E-state index in [1.807, 2.05) is 61.5 Å². The van der Waals surface area contributed by atoms with Crippen LogP contribution in [-0.4, -0.2) is 18.2 Å². The van der Waals surface area contributed by atoms with Gasteiger partial charge in [-0.1, -0.05) is 73.7 Å². The number of nitrogens with zero attached hydrogens (tertiary/aromatic N) is 1. The molecular weight excluding hydrogens is 324 g/mol. The molecule has 5 nitrogen and oxygen atoms in total. The Kier molecular flexibility index (Phi) is 5.94. The molecule has 1 fully saturated rings.